The second-order valence-corrected chi connectivity index (χ2v) is 6.99. The molecule has 1 aliphatic heterocycles. The van der Waals surface area contributed by atoms with E-state index in [0.29, 0.717) is 30.1 Å². The fourth-order valence-electron chi connectivity index (χ4n) is 3.32. The van der Waals surface area contributed by atoms with Gasteiger partial charge in [0.2, 0.25) is 0 Å². The first kappa shape index (κ1) is 17.7. The van der Waals surface area contributed by atoms with Gasteiger partial charge in [0.15, 0.2) is 0 Å². The Hall–Kier alpha value is -2.13. The molecule has 2 aromatic rings. The van der Waals surface area contributed by atoms with Crippen LogP contribution in [0.3, 0.4) is 0 Å². The van der Waals surface area contributed by atoms with Crippen LogP contribution in [0, 0.1) is 5.92 Å². The Morgan fingerprint density at radius 1 is 1.04 bits per heavy atom. The summed E-state index contributed by atoms with van der Waals surface area (Å²) in [5.74, 6) is 0.198. The average molecular weight is 356 g/mol. The number of aryl methyl sites for hydroxylation is 1. The van der Waals surface area contributed by atoms with E-state index in [4.69, 9.17) is 11.6 Å². The molecule has 0 bridgehead atoms. The zero-order valence-electron chi connectivity index (χ0n) is 14.2. The summed E-state index contributed by atoms with van der Waals surface area (Å²) < 4.78 is 0. The standard InChI is InChI=1S/C21H22ClNO2/c22-19-11-9-17(10-12-19)21(25)23-14-4-7-18(15-23)20(24)13-8-16-5-2-1-3-6-16/h1-3,5-6,9-12,18H,4,7-8,13-15H2/t18-/m0/s1. The summed E-state index contributed by atoms with van der Waals surface area (Å²) in [5, 5.41) is 0.615. The van der Waals surface area contributed by atoms with Gasteiger partial charge >= 0.3 is 0 Å². The number of Topliss-reactive ketones (excluding diaryl/α,β-unsaturated/α-hetero) is 1. The van der Waals surface area contributed by atoms with Crippen molar-refractivity contribution < 1.29 is 9.59 Å². The van der Waals surface area contributed by atoms with Crippen molar-refractivity contribution in [2.24, 2.45) is 5.92 Å². The van der Waals surface area contributed by atoms with E-state index in [-0.39, 0.29) is 17.6 Å². The third kappa shape index (κ3) is 4.70. The molecule has 130 valence electrons. The predicted molar refractivity (Wildman–Crippen MR) is 99.8 cm³/mol. The summed E-state index contributed by atoms with van der Waals surface area (Å²) in [5.41, 5.74) is 1.81. The topological polar surface area (TPSA) is 37.4 Å². The molecule has 0 aliphatic carbocycles. The lowest BCUT2D eigenvalue weighted by Gasteiger charge is -2.32. The summed E-state index contributed by atoms with van der Waals surface area (Å²) in [7, 11) is 0. The first-order chi connectivity index (χ1) is 12.1. The molecule has 1 amide bonds. The quantitative estimate of drug-likeness (QED) is 0.797. The molecule has 0 saturated carbocycles. The second-order valence-electron chi connectivity index (χ2n) is 6.55. The Balaban J connectivity index is 1.57. The normalized spacial score (nSPS) is 17.3. The highest BCUT2D eigenvalue weighted by molar-refractivity contribution is 6.30. The summed E-state index contributed by atoms with van der Waals surface area (Å²) in [6.45, 7) is 1.24. The minimum Gasteiger partial charge on any atom is -0.338 e. The molecule has 3 rings (SSSR count). The van der Waals surface area contributed by atoms with E-state index in [1.165, 1.54) is 5.56 Å². The number of hydrogen-bond acceptors (Lipinski definition) is 2. The number of nitrogens with zero attached hydrogens (tertiary/aromatic N) is 1. The van der Waals surface area contributed by atoms with E-state index >= 15 is 0 Å². The summed E-state index contributed by atoms with van der Waals surface area (Å²) in [4.78, 5) is 27.0. The van der Waals surface area contributed by atoms with Crippen LogP contribution in [-0.4, -0.2) is 29.7 Å². The van der Waals surface area contributed by atoms with Crippen LogP contribution in [0.1, 0.15) is 35.2 Å². The lowest BCUT2D eigenvalue weighted by Crippen LogP contribution is -2.42. The number of benzene rings is 2. The fourth-order valence-corrected chi connectivity index (χ4v) is 3.44. The predicted octanol–water partition coefficient (Wildman–Crippen LogP) is 4.39. The zero-order chi connectivity index (χ0) is 17.6. The molecule has 0 aromatic heterocycles. The summed E-state index contributed by atoms with van der Waals surface area (Å²) in [6.07, 6.45) is 3.05. The summed E-state index contributed by atoms with van der Waals surface area (Å²) >= 11 is 5.88. The minimum atomic E-state index is -0.0475. The van der Waals surface area contributed by atoms with Crippen LogP contribution in [0.2, 0.25) is 5.02 Å². The highest BCUT2D eigenvalue weighted by Gasteiger charge is 2.28. The molecule has 1 atom stereocenters. The second kappa shape index (κ2) is 8.30. The number of piperidine rings is 1. The van der Waals surface area contributed by atoms with Crippen LogP contribution in [0.15, 0.2) is 54.6 Å². The molecule has 3 nitrogen and oxygen atoms in total. The molecular weight excluding hydrogens is 334 g/mol. The van der Waals surface area contributed by atoms with E-state index in [9.17, 15) is 9.59 Å². The SMILES string of the molecule is O=C(CCc1ccccc1)[C@H]1CCCN(C(=O)c2ccc(Cl)cc2)C1. The van der Waals surface area contributed by atoms with Gasteiger partial charge < -0.3 is 4.90 Å². The zero-order valence-corrected chi connectivity index (χ0v) is 14.9. The van der Waals surface area contributed by atoms with Gasteiger partial charge in [-0.25, -0.2) is 0 Å². The molecule has 0 N–H and O–H groups in total. The van der Waals surface area contributed by atoms with Gasteiger partial charge in [0.25, 0.3) is 5.91 Å². The van der Waals surface area contributed by atoms with E-state index < -0.39 is 0 Å². The number of carbonyl (C=O) groups is 2. The molecule has 0 radical (unpaired) electrons. The molecule has 0 unspecified atom stereocenters. The smallest absolute Gasteiger partial charge is 0.253 e. The van der Waals surface area contributed by atoms with Gasteiger partial charge in [0.1, 0.15) is 5.78 Å². The number of amides is 1. The average Bonchev–Trinajstić information content (AvgIpc) is 2.67. The van der Waals surface area contributed by atoms with Gasteiger partial charge in [-0.05, 0) is 49.1 Å². The molecule has 4 heteroatoms. The van der Waals surface area contributed by atoms with Gasteiger partial charge in [-0.1, -0.05) is 41.9 Å². The summed E-state index contributed by atoms with van der Waals surface area (Å²) in [6, 6.07) is 17.0. The van der Waals surface area contributed by atoms with Crippen molar-refractivity contribution in [1.82, 2.24) is 4.90 Å². The largest absolute Gasteiger partial charge is 0.338 e. The van der Waals surface area contributed by atoms with Crippen molar-refractivity contribution in [1.29, 1.82) is 0 Å². The molecule has 1 saturated heterocycles. The van der Waals surface area contributed by atoms with Crippen molar-refractivity contribution >= 4 is 23.3 Å². The number of ketones is 1. The Morgan fingerprint density at radius 3 is 2.48 bits per heavy atom. The van der Waals surface area contributed by atoms with E-state index in [1.807, 2.05) is 30.3 Å². The maximum atomic E-state index is 12.6. The van der Waals surface area contributed by atoms with Gasteiger partial charge in [0, 0.05) is 36.0 Å². The van der Waals surface area contributed by atoms with Crippen LogP contribution < -0.4 is 0 Å². The third-order valence-electron chi connectivity index (χ3n) is 4.76. The van der Waals surface area contributed by atoms with E-state index in [0.717, 1.165) is 19.3 Å². The highest BCUT2D eigenvalue weighted by Crippen LogP contribution is 2.22. The molecule has 1 fully saturated rings. The lowest BCUT2D eigenvalue weighted by molar-refractivity contribution is -0.124. The van der Waals surface area contributed by atoms with Crippen LogP contribution in [0.25, 0.3) is 0 Å². The van der Waals surface area contributed by atoms with Crippen molar-refractivity contribution in [3.8, 4) is 0 Å². The van der Waals surface area contributed by atoms with Crippen molar-refractivity contribution in [2.45, 2.75) is 25.7 Å². The monoisotopic (exact) mass is 355 g/mol. The Kier molecular flexibility index (Phi) is 5.87. The fraction of sp³-hybridized carbons (Fsp3) is 0.333. The van der Waals surface area contributed by atoms with Crippen molar-refractivity contribution in [2.75, 3.05) is 13.1 Å². The van der Waals surface area contributed by atoms with Crippen LogP contribution in [0.5, 0.6) is 0 Å². The van der Waals surface area contributed by atoms with Gasteiger partial charge in [-0.15, -0.1) is 0 Å². The maximum Gasteiger partial charge on any atom is 0.253 e. The Labute approximate surface area is 153 Å². The van der Waals surface area contributed by atoms with Gasteiger partial charge in [-0.2, -0.15) is 0 Å². The van der Waals surface area contributed by atoms with Gasteiger partial charge in [0.05, 0.1) is 0 Å². The number of likely N-dealkylation sites (tertiary alicyclic amines) is 1. The molecule has 1 heterocycles. The van der Waals surface area contributed by atoms with Crippen molar-refractivity contribution in [3.05, 3.63) is 70.7 Å². The van der Waals surface area contributed by atoms with Crippen LogP contribution >= 0.6 is 11.6 Å². The third-order valence-corrected chi connectivity index (χ3v) is 5.01. The van der Waals surface area contributed by atoms with Crippen LogP contribution in [-0.2, 0) is 11.2 Å². The van der Waals surface area contributed by atoms with Crippen LogP contribution in [0.4, 0.5) is 0 Å². The first-order valence-electron chi connectivity index (χ1n) is 8.75. The Morgan fingerprint density at radius 2 is 1.76 bits per heavy atom. The highest BCUT2D eigenvalue weighted by atomic mass is 35.5. The first-order valence-corrected chi connectivity index (χ1v) is 9.13. The van der Waals surface area contributed by atoms with Crippen molar-refractivity contribution in [3.63, 3.8) is 0 Å². The Bertz CT molecular complexity index is 727. The maximum absolute atomic E-state index is 12.6. The van der Waals surface area contributed by atoms with Gasteiger partial charge in [-0.3, -0.25) is 9.59 Å². The molecule has 2 aromatic carbocycles. The number of hydrogen-bond donors (Lipinski definition) is 0. The van der Waals surface area contributed by atoms with E-state index in [2.05, 4.69) is 0 Å². The number of rotatable bonds is 5. The lowest BCUT2D eigenvalue weighted by atomic mass is 9.90. The number of carbonyl (C=O) groups excluding carboxylic acids is 2. The minimum absolute atomic E-state index is 0.0165. The molecule has 1 aliphatic rings. The van der Waals surface area contributed by atoms with E-state index in [1.54, 1.807) is 29.2 Å². The molecule has 25 heavy (non-hydrogen) atoms. The molecular formula is C21H22ClNO2. The number of halogens is 1. The molecule has 0 spiro atoms.